The number of methoxy groups -OCH3 is 1. The average molecular weight is 244 g/mol. The number of ether oxygens (including phenoxy) is 1. The third-order valence-corrected chi connectivity index (χ3v) is 2.53. The van der Waals surface area contributed by atoms with Crippen LogP contribution in [0.1, 0.15) is 12.5 Å². The summed E-state index contributed by atoms with van der Waals surface area (Å²) < 4.78 is 4.56. The van der Waals surface area contributed by atoms with E-state index >= 15 is 0 Å². The highest BCUT2D eigenvalue weighted by atomic mass is 35.5. The summed E-state index contributed by atoms with van der Waals surface area (Å²) in [6.45, 7) is 2.04. The fourth-order valence-corrected chi connectivity index (χ4v) is 1.42. The standard InChI is InChI=1S/C11H14ClNO3/c1-7(11(15)16-2)13-6-8-4-3-5-9(12)10(8)14/h3-5,7,13-14H,6H2,1-2H3/t7-/m0/s1. The first-order valence-corrected chi connectivity index (χ1v) is 5.21. The van der Waals surface area contributed by atoms with Crippen molar-refractivity contribution < 1.29 is 14.6 Å². The molecular formula is C11H14ClNO3. The minimum Gasteiger partial charge on any atom is -0.506 e. The predicted molar refractivity (Wildman–Crippen MR) is 61.4 cm³/mol. The Bertz CT molecular complexity index is 381. The number of esters is 1. The number of aromatic hydroxyl groups is 1. The zero-order valence-corrected chi connectivity index (χ0v) is 9.91. The lowest BCUT2D eigenvalue weighted by Gasteiger charge is -2.12. The van der Waals surface area contributed by atoms with Gasteiger partial charge in [0.25, 0.3) is 0 Å². The van der Waals surface area contributed by atoms with Crippen molar-refractivity contribution in [1.82, 2.24) is 5.32 Å². The number of nitrogens with one attached hydrogen (secondary N) is 1. The third kappa shape index (κ3) is 3.12. The Labute approximate surface area is 99.2 Å². The molecule has 88 valence electrons. The summed E-state index contributed by atoms with van der Waals surface area (Å²) in [6.07, 6.45) is 0. The maximum Gasteiger partial charge on any atom is 0.322 e. The van der Waals surface area contributed by atoms with Crippen LogP contribution in [-0.2, 0) is 16.1 Å². The van der Waals surface area contributed by atoms with Gasteiger partial charge >= 0.3 is 5.97 Å². The number of phenolic OH excluding ortho intramolecular Hbond substituents is 1. The summed E-state index contributed by atoms with van der Waals surface area (Å²) in [5.74, 6) is -0.310. The topological polar surface area (TPSA) is 58.6 Å². The lowest BCUT2D eigenvalue weighted by atomic mass is 10.2. The molecule has 5 heteroatoms. The minimum absolute atomic E-state index is 0.0359. The number of carbonyl (C=O) groups is 1. The molecule has 0 heterocycles. The van der Waals surface area contributed by atoms with Gasteiger partial charge in [-0.15, -0.1) is 0 Å². The van der Waals surface area contributed by atoms with E-state index in [0.717, 1.165) is 0 Å². The van der Waals surface area contributed by atoms with Gasteiger partial charge in [-0.2, -0.15) is 0 Å². The number of benzene rings is 1. The summed E-state index contributed by atoms with van der Waals surface area (Å²) in [6, 6.07) is 4.65. The smallest absolute Gasteiger partial charge is 0.322 e. The summed E-state index contributed by atoms with van der Waals surface area (Å²) in [4.78, 5) is 11.1. The second-order valence-corrected chi connectivity index (χ2v) is 3.78. The van der Waals surface area contributed by atoms with Gasteiger partial charge < -0.3 is 15.2 Å². The molecule has 0 aliphatic rings. The van der Waals surface area contributed by atoms with Crippen LogP contribution in [-0.4, -0.2) is 24.2 Å². The van der Waals surface area contributed by atoms with E-state index in [4.69, 9.17) is 11.6 Å². The first-order chi connectivity index (χ1) is 7.56. The molecule has 1 aromatic carbocycles. The van der Waals surface area contributed by atoms with Crippen LogP contribution in [0.4, 0.5) is 0 Å². The number of hydrogen-bond acceptors (Lipinski definition) is 4. The molecule has 0 aliphatic carbocycles. The van der Waals surface area contributed by atoms with Gasteiger partial charge in [-0.05, 0) is 13.0 Å². The number of phenols is 1. The van der Waals surface area contributed by atoms with Crippen LogP contribution in [0.5, 0.6) is 5.75 Å². The molecule has 0 aliphatic heterocycles. The summed E-state index contributed by atoms with van der Waals surface area (Å²) in [5, 5.41) is 12.8. The first-order valence-electron chi connectivity index (χ1n) is 4.83. The number of carbonyl (C=O) groups excluding carboxylic acids is 1. The molecule has 0 fully saturated rings. The van der Waals surface area contributed by atoms with Crippen molar-refractivity contribution in [2.45, 2.75) is 19.5 Å². The zero-order valence-electron chi connectivity index (χ0n) is 9.16. The van der Waals surface area contributed by atoms with Crippen LogP contribution in [0.25, 0.3) is 0 Å². The summed E-state index contributed by atoms with van der Waals surface area (Å²) >= 11 is 5.75. The van der Waals surface area contributed by atoms with Crippen LogP contribution in [0.3, 0.4) is 0 Å². The van der Waals surface area contributed by atoms with Crippen molar-refractivity contribution in [3.8, 4) is 5.75 Å². The van der Waals surface area contributed by atoms with E-state index in [1.807, 2.05) is 0 Å². The molecule has 2 N–H and O–H groups in total. The third-order valence-electron chi connectivity index (χ3n) is 2.22. The molecule has 1 aromatic rings. The van der Waals surface area contributed by atoms with Gasteiger partial charge in [-0.1, -0.05) is 23.7 Å². The summed E-state index contributed by atoms with van der Waals surface area (Å²) in [5.41, 5.74) is 0.642. The van der Waals surface area contributed by atoms with Crippen LogP contribution in [0.2, 0.25) is 5.02 Å². The van der Waals surface area contributed by atoms with E-state index in [-0.39, 0.29) is 11.7 Å². The van der Waals surface area contributed by atoms with Crippen molar-refractivity contribution in [1.29, 1.82) is 0 Å². The lowest BCUT2D eigenvalue weighted by molar-refractivity contribution is -0.142. The highest BCUT2D eigenvalue weighted by Gasteiger charge is 2.13. The second kappa shape index (κ2) is 5.72. The molecule has 1 rings (SSSR count). The highest BCUT2D eigenvalue weighted by molar-refractivity contribution is 6.32. The van der Waals surface area contributed by atoms with Crippen LogP contribution in [0.15, 0.2) is 18.2 Å². The number of rotatable bonds is 4. The summed E-state index contributed by atoms with van der Waals surface area (Å²) in [7, 11) is 1.33. The van der Waals surface area contributed by atoms with E-state index in [2.05, 4.69) is 10.1 Å². The van der Waals surface area contributed by atoms with E-state index < -0.39 is 6.04 Å². The van der Waals surface area contributed by atoms with E-state index in [0.29, 0.717) is 17.1 Å². The fourth-order valence-electron chi connectivity index (χ4n) is 1.23. The zero-order chi connectivity index (χ0) is 12.1. The maximum atomic E-state index is 11.1. The van der Waals surface area contributed by atoms with Crippen LogP contribution < -0.4 is 5.32 Å². The van der Waals surface area contributed by atoms with Gasteiger partial charge in [-0.25, -0.2) is 0 Å². The largest absolute Gasteiger partial charge is 0.506 e. The van der Waals surface area contributed by atoms with Crippen molar-refractivity contribution in [3.05, 3.63) is 28.8 Å². The molecule has 0 bridgehead atoms. The average Bonchev–Trinajstić information content (AvgIpc) is 2.29. The molecule has 16 heavy (non-hydrogen) atoms. The van der Waals surface area contributed by atoms with Gasteiger partial charge in [-0.3, -0.25) is 4.79 Å². The Morgan fingerprint density at radius 1 is 1.62 bits per heavy atom. The van der Waals surface area contributed by atoms with Crippen molar-refractivity contribution >= 4 is 17.6 Å². The SMILES string of the molecule is COC(=O)[C@H](C)NCc1cccc(Cl)c1O. The molecule has 0 saturated carbocycles. The molecule has 0 saturated heterocycles. The van der Waals surface area contributed by atoms with Crippen molar-refractivity contribution in [3.63, 3.8) is 0 Å². The Hall–Kier alpha value is -1.26. The van der Waals surface area contributed by atoms with E-state index in [1.165, 1.54) is 7.11 Å². The molecular weight excluding hydrogens is 230 g/mol. The molecule has 0 aromatic heterocycles. The van der Waals surface area contributed by atoms with E-state index in [9.17, 15) is 9.90 Å². The quantitative estimate of drug-likeness (QED) is 0.791. The minimum atomic E-state index is -0.427. The number of halogens is 1. The number of para-hydroxylation sites is 1. The van der Waals surface area contributed by atoms with Crippen molar-refractivity contribution in [2.24, 2.45) is 0 Å². The van der Waals surface area contributed by atoms with E-state index in [1.54, 1.807) is 25.1 Å². The highest BCUT2D eigenvalue weighted by Crippen LogP contribution is 2.26. The predicted octanol–water partition coefficient (Wildman–Crippen LogP) is 1.70. The lowest BCUT2D eigenvalue weighted by Crippen LogP contribution is -2.34. The Morgan fingerprint density at radius 3 is 2.94 bits per heavy atom. The maximum absolute atomic E-state index is 11.1. The molecule has 1 atom stereocenters. The van der Waals surface area contributed by atoms with Gasteiger partial charge in [0.2, 0.25) is 0 Å². The van der Waals surface area contributed by atoms with Gasteiger partial charge in [0, 0.05) is 12.1 Å². The normalized spacial score (nSPS) is 12.2. The van der Waals surface area contributed by atoms with Crippen LogP contribution in [0, 0.1) is 0 Å². The van der Waals surface area contributed by atoms with Crippen molar-refractivity contribution in [2.75, 3.05) is 7.11 Å². The molecule has 0 radical (unpaired) electrons. The second-order valence-electron chi connectivity index (χ2n) is 3.37. The van der Waals surface area contributed by atoms with Gasteiger partial charge in [0.15, 0.2) is 0 Å². The molecule has 0 spiro atoms. The molecule has 0 unspecified atom stereocenters. The molecule has 4 nitrogen and oxygen atoms in total. The van der Waals surface area contributed by atoms with Gasteiger partial charge in [0.1, 0.15) is 11.8 Å². The van der Waals surface area contributed by atoms with Crippen LogP contribution >= 0.6 is 11.6 Å². The fraction of sp³-hybridized carbons (Fsp3) is 0.364. The monoisotopic (exact) mass is 243 g/mol. The molecule has 0 amide bonds. The first kappa shape index (κ1) is 12.8. The number of hydrogen-bond donors (Lipinski definition) is 2. The Morgan fingerprint density at radius 2 is 2.31 bits per heavy atom. The van der Waals surface area contributed by atoms with Gasteiger partial charge in [0.05, 0.1) is 12.1 Å². The Balaban J connectivity index is 2.61. The Kier molecular flexibility index (Phi) is 4.58.